The number of carbonyl (C=O) groups excluding carboxylic acids is 4. The summed E-state index contributed by atoms with van der Waals surface area (Å²) in [6.45, 7) is 23.8. The van der Waals surface area contributed by atoms with E-state index in [1.165, 1.54) is 32.1 Å². The molecule has 8 rings (SSSR count). The number of rotatable bonds is 8. The topological polar surface area (TPSA) is 114 Å². The van der Waals surface area contributed by atoms with Crippen LogP contribution in [0.15, 0.2) is 36.5 Å². The second kappa shape index (κ2) is 13.5. The highest BCUT2D eigenvalue weighted by Gasteiger charge is 2.63. The molecule has 8 aliphatic rings. The summed E-state index contributed by atoms with van der Waals surface area (Å²) in [6.07, 6.45) is 7.84. The molecule has 0 amide bonds. The molecule has 6 aliphatic carbocycles. The fraction of sp³-hybridized carbons (Fsp3) is 0.737. The Balaban J connectivity index is 0.000000139. The summed E-state index contributed by atoms with van der Waals surface area (Å²) >= 11 is 0. The molecule has 6 bridgehead atoms. The molecule has 9 nitrogen and oxygen atoms in total. The molecule has 9 heteroatoms. The second-order valence-electron chi connectivity index (χ2n) is 16.2. The summed E-state index contributed by atoms with van der Waals surface area (Å²) < 4.78 is 26.9. The standard InChI is InChI=1S/C15H22O2.C12H14O4.C11H18O3/c1-9(2)14(16)17-15(3)12-5-10-4-11(7-12)8-13(15)6-10;1-5(2)11(13)15-9-6-3-7-8(4-6)12(14)16-10(7)9;1-8(2)5-13-6-9-7-14-10(12)11(9,3)4/h10-13H,1,4-8H2,2-3H3;6-10H,1,3-4H2,2H3;9H,1,5-7H2,2-4H3. The van der Waals surface area contributed by atoms with Gasteiger partial charge in [0.15, 0.2) is 0 Å². The van der Waals surface area contributed by atoms with Gasteiger partial charge in [0.2, 0.25) is 0 Å². The quantitative estimate of drug-likeness (QED) is 0.132. The maximum Gasteiger partial charge on any atom is 0.333 e. The summed E-state index contributed by atoms with van der Waals surface area (Å²) in [4.78, 5) is 46.1. The van der Waals surface area contributed by atoms with Crippen LogP contribution in [0.3, 0.4) is 0 Å². The monoisotopic (exact) mass is 654 g/mol. The fourth-order valence-corrected chi connectivity index (χ4v) is 9.23. The van der Waals surface area contributed by atoms with Gasteiger partial charge in [-0.25, -0.2) is 9.59 Å². The van der Waals surface area contributed by atoms with E-state index in [1.807, 2.05) is 20.8 Å². The van der Waals surface area contributed by atoms with E-state index >= 15 is 0 Å². The van der Waals surface area contributed by atoms with Gasteiger partial charge in [0.05, 0.1) is 31.2 Å². The van der Waals surface area contributed by atoms with Crippen molar-refractivity contribution in [2.45, 2.75) is 104 Å². The lowest BCUT2D eigenvalue weighted by Gasteiger charge is -2.59. The van der Waals surface area contributed by atoms with Crippen molar-refractivity contribution in [3.63, 3.8) is 0 Å². The normalized spacial score (nSPS) is 39.1. The van der Waals surface area contributed by atoms with Gasteiger partial charge < -0.3 is 23.7 Å². The van der Waals surface area contributed by atoms with Gasteiger partial charge in [0.1, 0.15) is 17.8 Å². The van der Waals surface area contributed by atoms with Crippen molar-refractivity contribution in [3.8, 4) is 0 Å². The molecule has 260 valence electrons. The predicted molar refractivity (Wildman–Crippen MR) is 174 cm³/mol. The molecule has 0 aromatic rings. The Morgan fingerprint density at radius 1 is 0.851 bits per heavy atom. The van der Waals surface area contributed by atoms with Crippen LogP contribution < -0.4 is 0 Å². The van der Waals surface area contributed by atoms with Crippen LogP contribution in [0.25, 0.3) is 0 Å². The summed E-state index contributed by atoms with van der Waals surface area (Å²) in [6, 6.07) is 0. The summed E-state index contributed by atoms with van der Waals surface area (Å²) in [5, 5.41) is 0. The zero-order chi connectivity index (χ0) is 34.4. The Morgan fingerprint density at radius 2 is 1.45 bits per heavy atom. The summed E-state index contributed by atoms with van der Waals surface area (Å²) in [7, 11) is 0. The van der Waals surface area contributed by atoms with Crippen LogP contribution in [0.5, 0.6) is 0 Å². The lowest BCUT2D eigenvalue weighted by molar-refractivity contribution is -0.199. The number of cyclic esters (lactones) is 1. The smallest absolute Gasteiger partial charge is 0.333 e. The molecule has 0 aromatic heterocycles. The predicted octanol–water partition coefficient (Wildman–Crippen LogP) is 6.15. The number of fused-ring (bicyclic) bond motifs is 1. The maximum atomic E-state index is 11.8. The Kier molecular flexibility index (Phi) is 10.2. The number of hydrogen-bond acceptors (Lipinski definition) is 9. The molecule has 6 unspecified atom stereocenters. The third-order valence-electron chi connectivity index (χ3n) is 12.1. The average Bonchev–Trinajstić information content (AvgIpc) is 3.69. The lowest BCUT2D eigenvalue weighted by Crippen LogP contribution is -2.58. The van der Waals surface area contributed by atoms with Crippen molar-refractivity contribution < 1.29 is 42.9 Å². The van der Waals surface area contributed by atoms with Crippen molar-refractivity contribution in [1.29, 1.82) is 0 Å². The lowest BCUT2D eigenvalue weighted by atomic mass is 9.50. The molecule has 47 heavy (non-hydrogen) atoms. The van der Waals surface area contributed by atoms with Crippen molar-refractivity contribution in [3.05, 3.63) is 36.5 Å². The molecule has 2 saturated heterocycles. The van der Waals surface area contributed by atoms with Gasteiger partial charge in [-0.3, -0.25) is 9.59 Å². The van der Waals surface area contributed by atoms with E-state index in [0.717, 1.165) is 30.3 Å². The third kappa shape index (κ3) is 7.11. The van der Waals surface area contributed by atoms with E-state index in [4.69, 9.17) is 23.7 Å². The minimum atomic E-state index is -0.408. The van der Waals surface area contributed by atoms with Crippen LogP contribution in [0.4, 0.5) is 0 Å². The average molecular weight is 655 g/mol. The van der Waals surface area contributed by atoms with Crippen LogP contribution >= 0.6 is 0 Å². The molecule has 0 spiro atoms. The molecule has 6 atom stereocenters. The minimum absolute atomic E-state index is 0.0646. The largest absolute Gasteiger partial charge is 0.465 e. The van der Waals surface area contributed by atoms with Crippen molar-refractivity contribution in [1.82, 2.24) is 0 Å². The Labute approximate surface area is 279 Å². The first kappa shape index (κ1) is 35.4. The first-order valence-corrected chi connectivity index (χ1v) is 17.4. The van der Waals surface area contributed by atoms with Gasteiger partial charge in [0, 0.05) is 28.9 Å². The first-order valence-electron chi connectivity index (χ1n) is 17.4. The van der Waals surface area contributed by atoms with Crippen LogP contribution in [-0.4, -0.2) is 61.5 Å². The first-order chi connectivity index (χ1) is 22.0. The van der Waals surface area contributed by atoms with Gasteiger partial charge in [-0.2, -0.15) is 0 Å². The highest BCUT2D eigenvalue weighted by Crippen LogP contribution is 2.59. The highest BCUT2D eigenvalue weighted by molar-refractivity contribution is 5.87. The van der Waals surface area contributed by atoms with Crippen LogP contribution in [0.1, 0.15) is 86.5 Å². The van der Waals surface area contributed by atoms with Crippen molar-refractivity contribution in [2.75, 3.05) is 19.8 Å². The second-order valence-corrected chi connectivity index (χ2v) is 16.2. The number of esters is 4. The molecular formula is C38H54O9. The Morgan fingerprint density at radius 3 is 1.96 bits per heavy atom. The van der Waals surface area contributed by atoms with E-state index in [0.29, 0.717) is 48.7 Å². The Bertz CT molecular complexity index is 1280. The van der Waals surface area contributed by atoms with E-state index in [9.17, 15) is 19.2 Å². The van der Waals surface area contributed by atoms with Gasteiger partial charge in [-0.1, -0.05) is 25.3 Å². The SMILES string of the molecule is C=C(C)C(=O)OC1(C)C2CC3CC(C2)CC1C3.C=C(C)C(=O)OC1C2CC3C(=O)OC1C3C2.C=C(C)COCC1COC(=O)C1(C)C. The van der Waals surface area contributed by atoms with E-state index in [-0.39, 0.29) is 59.4 Å². The fourth-order valence-electron chi connectivity index (χ4n) is 9.23. The van der Waals surface area contributed by atoms with Gasteiger partial charge >= 0.3 is 23.9 Å². The molecule has 2 aliphatic heterocycles. The summed E-state index contributed by atoms with van der Waals surface area (Å²) in [5.74, 6) is 3.02. The number of ether oxygens (including phenoxy) is 5. The molecule has 0 radical (unpaired) electrons. The Hall–Kier alpha value is -2.94. The van der Waals surface area contributed by atoms with E-state index < -0.39 is 5.41 Å². The third-order valence-corrected chi connectivity index (χ3v) is 12.1. The molecule has 2 heterocycles. The maximum absolute atomic E-state index is 11.8. The van der Waals surface area contributed by atoms with Crippen molar-refractivity contribution >= 4 is 23.9 Å². The van der Waals surface area contributed by atoms with E-state index in [2.05, 4.69) is 26.7 Å². The molecule has 0 aromatic carbocycles. The molecule has 8 fully saturated rings. The molecular weight excluding hydrogens is 600 g/mol. The van der Waals surface area contributed by atoms with Gasteiger partial charge in [-0.15, -0.1) is 0 Å². The van der Waals surface area contributed by atoms with Crippen LogP contribution in [0.2, 0.25) is 0 Å². The van der Waals surface area contributed by atoms with Crippen LogP contribution in [-0.2, 0) is 42.9 Å². The highest BCUT2D eigenvalue weighted by atomic mass is 16.6. The molecule has 6 saturated carbocycles. The van der Waals surface area contributed by atoms with Gasteiger partial charge in [-0.05, 0) is 110 Å². The minimum Gasteiger partial charge on any atom is -0.465 e. The number of hydrogen-bond donors (Lipinski definition) is 0. The zero-order valence-corrected chi connectivity index (χ0v) is 29.1. The van der Waals surface area contributed by atoms with Crippen molar-refractivity contribution in [2.24, 2.45) is 52.8 Å². The zero-order valence-electron chi connectivity index (χ0n) is 29.1. The summed E-state index contributed by atoms with van der Waals surface area (Å²) in [5.41, 5.74) is 1.30. The number of carbonyl (C=O) groups is 4. The van der Waals surface area contributed by atoms with Crippen LogP contribution in [0, 0.1) is 52.8 Å². The molecule has 0 N–H and O–H groups in total. The van der Waals surface area contributed by atoms with E-state index in [1.54, 1.807) is 13.8 Å². The van der Waals surface area contributed by atoms with Gasteiger partial charge in [0.25, 0.3) is 0 Å².